The molecule has 0 aliphatic carbocycles. The fourth-order valence-electron chi connectivity index (χ4n) is 2.06. The molecule has 0 atom stereocenters. The first-order chi connectivity index (χ1) is 7.98. The number of likely N-dealkylation sites (N-methyl/N-ethyl adjacent to an activating group) is 1. The van der Waals surface area contributed by atoms with Crippen molar-refractivity contribution < 1.29 is 12.9 Å². The first kappa shape index (κ1) is 12.5. The molecular formula is C10H17N3O3S. The van der Waals surface area contributed by atoms with Gasteiger partial charge in [0, 0.05) is 19.6 Å². The molecule has 0 bridgehead atoms. The van der Waals surface area contributed by atoms with Crippen molar-refractivity contribution in [2.75, 3.05) is 19.6 Å². The van der Waals surface area contributed by atoms with E-state index in [0.29, 0.717) is 31.1 Å². The van der Waals surface area contributed by atoms with Gasteiger partial charge in [-0.05, 0) is 13.8 Å². The summed E-state index contributed by atoms with van der Waals surface area (Å²) in [5, 5.41) is 6.78. The van der Waals surface area contributed by atoms with Gasteiger partial charge in [0.1, 0.15) is 10.6 Å². The maximum atomic E-state index is 12.5. The molecule has 1 aromatic rings. The van der Waals surface area contributed by atoms with Crippen molar-refractivity contribution in [1.29, 1.82) is 0 Å². The number of aryl methyl sites for hydroxylation is 2. The molecular weight excluding hydrogens is 242 g/mol. The third kappa shape index (κ3) is 1.98. The minimum Gasteiger partial charge on any atom is -0.360 e. The number of hydrogen-bond donors (Lipinski definition) is 1. The van der Waals surface area contributed by atoms with E-state index in [1.807, 2.05) is 6.92 Å². The molecule has 1 aromatic heterocycles. The van der Waals surface area contributed by atoms with E-state index in [2.05, 4.69) is 10.5 Å². The largest absolute Gasteiger partial charge is 0.360 e. The van der Waals surface area contributed by atoms with Crippen molar-refractivity contribution in [2.45, 2.75) is 31.7 Å². The van der Waals surface area contributed by atoms with Crippen LogP contribution in [0.25, 0.3) is 0 Å². The zero-order chi connectivity index (χ0) is 12.6. The highest BCUT2D eigenvalue weighted by molar-refractivity contribution is 7.89. The van der Waals surface area contributed by atoms with Gasteiger partial charge in [-0.1, -0.05) is 12.1 Å². The van der Waals surface area contributed by atoms with E-state index < -0.39 is 10.0 Å². The fourth-order valence-corrected chi connectivity index (χ4v) is 3.99. The molecule has 6 nitrogen and oxygen atoms in total. The second-order valence-electron chi connectivity index (χ2n) is 4.17. The Morgan fingerprint density at radius 2 is 2.12 bits per heavy atom. The van der Waals surface area contributed by atoms with Crippen LogP contribution in [-0.2, 0) is 10.0 Å². The number of nitrogens with zero attached hydrogens (tertiary/aromatic N) is 2. The van der Waals surface area contributed by atoms with E-state index in [1.165, 1.54) is 4.31 Å². The van der Waals surface area contributed by atoms with Gasteiger partial charge in [-0.2, -0.15) is 4.31 Å². The second kappa shape index (κ2) is 4.40. The molecule has 2 heterocycles. The van der Waals surface area contributed by atoms with Crippen LogP contribution in [0.1, 0.15) is 18.4 Å². The minimum absolute atomic E-state index is 0.0405. The molecule has 0 spiro atoms. The summed E-state index contributed by atoms with van der Waals surface area (Å²) < 4.78 is 31.4. The van der Waals surface area contributed by atoms with Crippen LogP contribution in [0.2, 0.25) is 0 Å². The van der Waals surface area contributed by atoms with Crippen molar-refractivity contribution in [3.05, 3.63) is 11.5 Å². The van der Waals surface area contributed by atoms with E-state index in [1.54, 1.807) is 13.8 Å². The van der Waals surface area contributed by atoms with Crippen LogP contribution in [0.3, 0.4) is 0 Å². The van der Waals surface area contributed by atoms with Gasteiger partial charge < -0.3 is 9.84 Å². The zero-order valence-electron chi connectivity index (χ0n) is 10.2. The number of sulfonamides is 1. The number of rotatable bonds is 4. The molecule has 0 radical (unpaired) electrons. The average molecular weight is 259 g/mol. The maximum Gasteiger partial charge on any atom is 0.248 e. The smallest absolute Gasteiger partial charge is 0.248 e. The average Bonchev–Trinajstić information content (AvgIpc) is 2.51. The second-order valence-corrected chi connectivity index (χ2v) is 6.00. The first-order valence-electron chi connectivity index (χ1n) is 5.64. The maximum absolute atomic E-state index is 12.5. The van der Waals surface area contributed by atoms with Crippen LogP contribution in [0.15, 0.2) is 9.42 Å². The molecule has 1 N–H and O–H groups in total. The fraction of sp³-hybridized carbons (Fsp3) is 0.700. The van der Waals surface area contributed by atoms with Gasteiger partial charge in [0.2, 0.25) is 10.0 Å². The summed E-state index contributed by atoms with van der Waals surface area (Å²) in [4.78, 5) is 0.214. The van der Waals surface area contributed by atoms with E-state index in [-0.39, 0.29) is 10.9 Å². The summed E-state index contributed by atoms with van der Waals surface area (Å²) in [7, 11) is -3.49. The molecule has 0 saturated carbocycles. The quantitative estimate of drug-likeness (QED) is 0.840. The molecule has 1 saturated heterocycles. The third-order valence-corrected chi connectivity index (χ3v) is 5.29. The Morgan fingerprint density at radius 1 is 1.47 bits per heavy atom. The molecule has 7 heteroatoms. The number of aromatic nitrogens is 1. The summed E-state index contributed by atoms with van der Waals surface area (Å²) >= 11 is 0. The van der Waals surface area contributed by atoms with Crippen LogP contribution in [0.5, 0.6) is 0 Å². The Labute approximate surface area is 101 Å². The Hall–Kier alpha value is -0.920. The number of nitrogens with one attached hydrogen (secondary N) is 1. The first-order valence-corrected chi connectivity index (χ1v) is 7.08. The summed E-state index contributed by atoms with van der Waals surface area (Å²) in [5.74, 6) is 0.355. The normalized spacial score (nSPS) is 17.4. The van der Waals surface area contributed by atoms with Gasteiger partial charge in [-0.25, -0.2) is 8.42 Å². The SMILES string of the molecule is CCN(C1CNC1)S(=O)(=O)c1c(C)noc1C. The molecule has 1 aliphatic rings. The van der Waals surface area contributed by atoms with Crippen LogP contribution >= 0.6 is 0 Å². The highest BCUT2D eigenvalue weighted by atomic mass is 32.2. The lowest BCUT2D eigenvalue weighted by atomic mass is 10.2. The van der Waals surface area contributed by atoms with Crippen molar-refractivity contribution >= 4 is 10.0 Å². The van der Waals surface area contributed by atoms with Gasteiger partial charge in [-0.15, -0.1) is 0 Å². The van der Waals surface area contributed by atoms with Crippen LogP contribution in [-0.4, -0.2) is 43.6 Å². The number of hydrogen-bond acceptors (Lipinski definition) is 5. The van der Waals surface area contributed by atoms with Crippen molar-refractivity contribution in [3.8, 4) is 0 Å². The van der Waals surface area contributed by atoms with Crippen LogP contribution < -0.4 is 5.32 Å². The van der Waals surface area contributed by atoms with Crippen molar-refractivity contribution in [2.24, 2.45) is 0 Å². The molecule has 1 aliphatic heterocycles. The Morgan fingerprint density at radius 3 is 2.47 bits per heavy atom. The van der Waals surface area contributed by atoms with Gasteiger partial charge in [0.25, 0.3) is 0 Å². The molecule has 2 rings (SSSR count). The van der Waals surface area contributed by atoms with Crippen LogP contribution in [0, 0.1) is 13.8 Å². The summed E-state index contributed by atoms with van der Waals surface area (Å²) in [6, 6.07) is 0.0405. The lowest BCUT2D eigenvalue weighted by Crippen LogP contribution is -2.58. The van der Waals surface area contributed by atoms with Gasteiger partial charge >= 0.3 is 0 Å². The standard InChI is InChI=1S/C10H17N3O3S/c1-4-13(9-5-11-6-9)17(14,15)10-7(2)12-16-8(10)3/h9,11H,4-6H2,1-3H3. The minimum atomic E-state index is -3.49. The Balaban J connectivity index is 2.41. The van der Waals surface area contributed by atoms with Crippen molar-refractivity contribution in [3.63, 3.8) is 0 Å². The Bertz CT molecular complexity index is 485. The predicted octanol–water partition coefficient (Wildman–Crippen LogP) is 0.274. The molecule has 0 unspecified atom stereocenters. The monoisotopic (exact) mass is 259 g/mol. The predicted molar refractivity (Wildman–Crippen MR) is 62.2 cm³/mol. The van der Waals surface area contributed by atoms with Gasteiger partial charge in [0.05, 0.1) is 6.04 Å². The summed E-state index contributed by atoms with van der Waals surface area (Å²) in [6.07, 6.45) is 0. The third-order valence-electron chi connectivity index (χ3n) is 3.01. The van der Waals surface area contributed by atoms with E-state index in [4.69, 9.17) is 4.52 Å². The molecule has 17 heavy (non-hydrogen) atoms. The zero-order valence-corrected chi connectivity index (χ0v) is 11.0. The summed E-state index contributed by atoms with van der Waals surface area (Å²) in [5.41, 5.74) is 0.424. The summed E-state index contributed by atoms with van der Waals surface area (Å²) in [6.45, 7) is 6.98. The molecule has 0 amide bonds. The highest BCUT2D eigenvalue weighted by Crippen LogP contribution is 2.25. The van der Waals surface area contributed by atoms with Crippen LogP contribution in [0.4, 0.5) is 0 Å². The van der Waals surface area contributed by atoms with Crippen molar-refractivity contribution in [1.82, 2.24) is 14.8 Å². The molecule has 96 valence electrons. The van der Waals surface area contributed by atoms with E-state index in [9.17, 15) is 8.42 Å². The lowest BCUT2D eigenvalue weighted by molar-refractivity contribution is 0.249. The Kier molecular flexibility index (Phi) is 3.24. The molecule has 1 fully saturated rings. The molecule has 0 aromatic carbocycles. The van der Waals surface area contributed by atoms with E-state index >= 15 is 0 Å². The highest BCUT2D eigenvalue weighted by Gasteiger charge is 2.36. The lowest BCUT2D eigenvalue weighted by Gasteiger charge is -2.36. The topological polar surface area (TPSA) is 75.4 Å². The van der Waals surface area contributed by atoms with Gasteiger partial charge in [0.15, 0.2) is 5.76 Å². The van der Waals surface area contributed by atoms with Gasteiger partial charge in [-0.3, -0.25) is 0 Å². The van der Waals surface area contributed by atoms with E-state index in [0.717, 1.165) is 0 Å².